The number of para-hydroxylation sites is 2. The maximum Gasteiger partial charge on any atom is 0.0543 e. The van der Waals surface area contributed by atoms with E-state index in [4.69, 9.17) is 0 Å². The van der Waals surface area contributed by atoms with E-state index < -0.39 is 0 Å². The largest absolute Gasteiger partial charge is 0.311 e. The first-order chi connectivity index (χ1) is 29.0. The third kappa shape index (κ3) is 5.79. The topological polar surface area (TPSA) is 8.17 Å². The standard InChI is InChI=1S/C57H42N2/c1-57(2)51-20-13-23-55(59-53-21-11-9-18-48(53)49-19-10-12-22-54(49)59)56(51)50-37-30-44(38-52(50)57)43-28-35-47(36-29-43)58(45-31-24-41(25-32-45)39-14-5-3-6-15-39)46-33-26-42(27-34-46)40-16-7-4-8-17-40/h3-38H,1-2H3. The summed E-state index contributed by atoms with van der Waals surface area (Å²) < 4.78 is 2.47. The van der Waals surface area contributed by atoms with Crippen molar-refractivity contribution in [1.82, 2.24) is 4.57 Å². The molecule has 2 heteroatoms. The summed E-state index contributed by atoms with van der Waals surface area (Å²) in [5.74, 6) is 0. The predicted molar refractivity (Wildman–Crippen MR) is 249 cm³/mol. The van der Waals surface area contributed by atoms with Crippen LogP contribution in [-0.2, 0) is 5.41 Å². The van der Waals surface area contributed by atoms with Crippen molar-refractivity contribution >= 4 is 38.9 Å². The third-order valence-corrected chi connectivity index (χ3v) is 12.4. The first-order valence-corrected chi connectivity index (χ1v) is 20.5. The lowest BCUT2D eigenvalue weighted by Crippen LogP contribution is -2.15. The summed E-state index contributed by atoms with van der Waals surface area (Å²) >= 11 is 0. The molecule has 11 rings (SSSR count). The monoisotopic (exact) mass is 754 g/mol. The quantitative estimate of drug-likeness (QED) is 0.157. The Bertz CT molecular complexity index is 3000. The van der Waals surface area contributed by atoms with E-state index in [0.717, 1.165) is 17.1 Å². The van der Waals surface area contributed by atoms with Gasteiger partial charge in [-0.05, 0) is 111 Å². The van der Waals surface area contributed by atoms with Crippen molar-refractivity contribution in [2.45, 2.75) is 19.3 Å². The maximum absolute atomic E-state index is 2.47. The first kappa shape index (κ1) is 34.8. The average molecular weight is 755 g/mol. The molecule has 0 fully saturated rings. The van der Waals surface area contributed by atoms with Gasteiger partial charge in [-0.3, -0.25) is 0 Å². The van der Waals surface area contributed by atoms with Crippen LogP contribution in [0.25, 0.3) is 72.0 Å². The molecule has 1 aromatic heterocycles. The van der Waals surface area contributed by atoms with Crippen molar-refractivity contribution in [3.05, 3.63) is 230 Å². The number of hydrogen-bond donors (Lipinski definition) is 0. The van der Waals surface area contributed by atoms with Crippen LogP contribution in [0.15, 0.2) is 218 Å². The van der Waals surface area contributed by atoms with Gasteiger partial charge in [-0.15, -0.1) is 0 Å². The average Bonchev–Trinajstić information content (AvgIpc) is 3.76. The summed E-state index contributed by atoms with van der Waals surface area (Å²) in [6, 6.07) is 79.6. The van der Waals surface area contributed by atoms with Crippen LogP contribution in [0.2, 0.25) is 0 Å². The molecular formula is C57H42N2. The fourth-order valence-electron chi connectivity index (χ4n) is 9.43. The van der Waals surface area contributed by atoms with Gasteiger partial charge < -0.3 is 9.47 Å². The molecule has 0 unspecified atom stereocenters. The van der Waals surface area contributed by atoms with Crippen LogP contribution in [0.4, 0.5) is 17.1 Å². The summed E-state index contributed by atoms with van der Waals surface area (Å²) in [7, 11) is 0. The fourth-order valence-corrected chi connectivity index (χ4v) is 9.43. The summed E-state index contributed by atoms with van der Waals surface area (Å²) in [4.78, 5) is 2.35. The second kappa shape index (κ2) is 13.9. The van der Waals surface area contributed by atoms with Gasteiger partial charge in [0.25, 0.3) is 0 Å². The molecule has 2 nitrogen and oxygen atoms in total. The molecule has 0 saturated heterocycles. The Morgan fingerprint density at radius 3 is 1.29 bits per heavy atom. The van der Waals surface area contributed by atoms with Gasteiger partial charge in [0.1, 0.15) is 0 Å². The smallest absolute Gasteiger partial charge is 0.0543 e. The van der Waals surface area contributed by atoms with Crippen LogP contribution in [0.3, 0.4) is 0 Å². The summed E-state index contributed by atoms with van der Waals surface area (Å²) in [6.45, 7) is 4.76. The first-order valence-electron chi connectivity index (χ1n) is 20.5. The van der Waals surface area contributed by atoms with E-state index in [1.54, 1.807) is 0 Å². The zero-order valence-corrected chi connectivity index (χ0v) is 33.2. The molecule has 280 valence electrons. The Morgan fingerprint density at radius 2 is 0.780 bits per heavy atom. The van der Waals surface area contributed by atoms with E-state index in [1.807, 2.05) is 0 Å². The number of aromatic nitrogens is 1. The van der Waals surface area contributed by atoms with Crippen LogP contribution in [0.5, 0.6) is 0 Å². The summed E-state index contributed by atoms with van der Waals surface area (Å²) in [5, 5.41) is 2.56. The molecule has 59 heavy (non-hydrogen) atoms. The number of nitrogens with zero attached hydrogens (tertiary/aromatic N) is 2. The Balaban J connectivity index is 0.973. The lowest BCUT2D eigenvalue weighted by Gasteiger charge is -2.26. The number of anilines is 3. The van der Waals surface area contributed by atoms with Crippen LogP contribution < -0.4 is 4.90 Å². The van der Waals surface area contributed by atoms with Crippen molar-refractivity contribution in [3.63, 3.8) is 0 Å². The highest BCUT2D eigenvalue weighted by molar-refractivity contribution is 6.10. The van der Waals surface area contributed by atoms with Crippen LogP contribution in [0.1, 0.15) is 25.0 Å². The Hall–Kier alpha value is -7.42. The molecule has 1 aliphatic rings. The van der Waals surface area contributed by atoms with Gasteiger partial charge >= 0.3 is 0 Å². The third-order valence-electron chi connectivity index (χ3n) is 12.4. The van der Waals surface area contributed by atoms with Crippen LogP contribution in [0, 0.1) is 0 Å². The molecule has 1 aliphatic carbocycles. The molecule has 0 atom stereocenters. The Morgan fingerprint density at radius 1 is 0.356 bits per heavy atom. The molecule has 9 aromatic carbocycles. The molecule has 0 amide bonds. The van der Waals surface area contributed by atoms with Crippen molar-refractivity contribution in [2.75, 3.05) is 4.90 Å². The highest BCUT2D eigenvalue weighted by Gasteiger charge is 2.37. The number of fused-ring (bicyclic) bond motifs is 6. The molecule has 0 saturated carbocycles. The van der Waals surface area contributed by atoms with Crippen LogP contribution >= 0.6 is 0 Å². The van der Waals surface area contributed by atoms with Gasteiger partial charge in [0, 0.05) is 38.8 Å². The van der Waals surface area contributed by atoms with Gasteiger partial charge in [-0.2, -0.15) is 0 Å². The predicted octanol–water partition coefficient (Wildman–Crippen LogP) is 15.6. The molecule has 0 N–H and O–H groups in total. The highest BCUT2D eigenvalue weighted by atomic mass is 15.1. The summed E-state index contributed by atoms with van der Waals surface area (Å²) in [5.41, 5.74) is 19.5. The van der Waals surface area contributed by atoms with Crippen molar-refractivity contribution in [2.24, 2.45) is 0 Å². The van der Waals surface area contributed by atoms with E-state index >= 15 is 0 Å². The Labute approximate surface area is 345 Å². The minimum absolute atomic E-state index is 0.163. The van der Waals surface area contributed by atoms with Gasteiger partial charge in [0.15, 0.2) is 0 Å². The van der Waals surface area contributed by atoms with Gasteiger partial charge in [0.2, 0.25) is 0 Å². The van der Waals surface area contributed by atoms with Gasteiger partial charge in [0.05, 0.1) is 16.7 Å². The zero-order chi connectivity index (χ0) is 39.5. The lowest BCUT2D eigenvalue weighted by molar-refractivity contribution is 0.660. The summed E-state index contributed by atoms with van der Waals surface area (Å²) in [6.07, 6.45) is 0. The second-order valence-corrected chi connectivity index (χ2v) is 16.2. The van der Waals surface area contributed by atoms with E-state index in [2.05, 4.69) is 242 Å². The van der Waals surface area contributed by atoms with Crippen molar-refractivity contribution in [1.29, 1.82) is 0 Å². The van der Waals surface area contributed by atoms with E-state index in [-0.39, 0.29) is 5.41 Å². The van der Waals surface area contributed by atoms with Gasteiger partial charge in [-0.25, -0.2) is 0 Å². The van der Waals surface area contributed by atoms with Crippen LogP contribution in [-0.4, -0.2) is 4.57 Å². The van der Waals surface area contributed by atoms with Gasteiger partial charge in [-0.1, -0.05) is 172 Å². The molecule has 0 bridgehead atoms. The minimum atomic E-state index is -0.163. The van der Waals surface area contributed by atoms with E-state index in [9.17, 15) is 0 Å². The van der Waals surface area contributed by atoms with Crippen molar-refractivity contribution in [3.8, 4) is 50.2 Å². The number of hydrogen-bond acceptors (Lipinski definition) is 1. The molecule has 0 radical (unpaired) electrons. The molecular weight excluding hydrogens is 713 g/mol. The van der Waals surface area contributed by atoms with E-state index in [1.165, 1.54) is 83.1 Å². The minimum Gasteiger partial charge on any atom is -0.311 e. The van der Waals surface area contributed by atoms with E-state index in [0.29, 0.717) is 0 Å². The molecule has 1 heterocycles. The fraction of sp³-hybridized carbons (Fsp3) is 0.0526. The normalized spacial score (nSPS) is 12.7. The highest BCUT2D eigenvalue weighted by Crippen LogP contribution is 2.53. The second-order valence-electron chi connectivity index (χ2n) is 16.2. The maximum atomic E-state index is 2.47. The number of rotatable bonds is 7. The zero-order valence-electron chi connectivity index (χ0n) is 33.2. The SMILES string of the molecule is CC1(C)c2cc(-c3ccc(N(c4ccc(-c5ccccc5)cc4)c4ccc(-c5ccccc5)cc4)cc3)ccc2-c2c(-n3c4ccccc4c4ccccc43)cccc21. The number of benzene rings is 9. The van der Waals surface area contributed by atoms with Crippen molar-refractivity contribution < 1.29 is 0 Å². The molecule has 10 aromatic rings. The molecule has 0 aliphatic heterocycles. The lowest BCUT2D eigenvalue weighted by atomic mass is 9.81. The Kier molecular flexibility index (Phi) is 8.20. The molecule has 0 spiro atoms.